The molecule has 2 fully saturated rings. The molecule has 2 aliphatic rings. The van der Waals surface area contributed by atoms with Crippen LogP contribution in [0.4, 0.5) is 0 Å². The molecule has 29 heavy (non-hydrogen) atoms. The van der Waals surface area contributed by atoms with Gasteiger partial charge in [-0.05, 0) is 38.8 Å². The number of pyridine rings is 1. The lowest BCUT2D eigenvalue weighted by Crippen LogP contribution is -2.56. The number of nitrogens with zero attached hydrogens (tertiary/aromatic N) is 4. The molecule has 5 rings (SSSR count). The zero-order chi connectivity index (χ0) is 20.1. The SMILES string of the molecule is CC1(C)CC(Oc2ccc(-c3ncc(-c4nccs4)cc3O)nn2)CC2(CC2)N1. The first-order valence-corrected chi connectivity index (χ1v) is 10.7. The van der Waals surface area contributed by atoms with Gasteiger partial charge in [0.1, 0.15) is 28.2 Å². The van der Waals surface area contributed by atoms with Crippen LogP contribution in [0, 0.1) is 0 Å². The molecule has 1 atom stereocenters. The van der Waals surface area contributed by atoms with E-state index in [1.54, 1.807) is 30.6 Å². The number of piperidine rings is 1. The standard InChI is InChI=1S/C21H23N5O2S/c1-20(2)10-14(11-21(26-20)5-6-21)28-17-4-3-15(24-25-17)18-16(27)9-13(12-23-18)19-22-7-8-29-19/h3-4,7-9,12,14,26-27H,5-6,10-11H2,1-2H3. The maximum Gasteiger partial charge on any atom is 0.233 e. The quantitative estimate of drug-likeness (QED) is 0.677. The van der Waals surface area contributed by atoms with Gasteiger partial charge in [-0.1, -0.05) is 0 Å². The Morgan fingerprint density at radius 3 is 2.69 bits per heavy atom. The third kappa shape index (κ3) is 3.82. The minimum absolute atomic E-state index is 0.0523. The Morgan fingerprint density at radius 1 is 1.17 bits per heavy atom. The molecule has 0 radical (unpaired) electrons. The third-order valence-corrected chi connectivity index (χ3v) is 6.35. The van der Waals surface area contributed by atoms with E-state index in [0.717, 1.165) is 23.4 Å². The van der Waals surface area contributed by atoms with Gasteiger partial charge in [-0.2, -0.15) is 0 Å². The van der Waals surface area contributed by atoms with E-state index in [1.807, 2.05) is 5.38 Å². The van der Waals surface area contributed by atoms with Crippen LogP contribution in [0.3, 0.4) is 0 Å². The first-order valence-electron chi connectivity index (χ1n) is 9.80. The molecule has 1 aliphatic carbocycles. The largest absolute Gasteiger partial charge is 0.506 e. The summed E-state index contributed by atoms with van der Waals surface area (Å²) < 4.78 is 6.15. The molecule has 2 N–H and O–H groups in total. The van der Waals surface area contributed by atoms with E-state index in [9.17, 15) is 5.11 Å². The Balaban J connectivity index is 1.32. The van der Waals surface area contributed by atoms with Gasteiger partial charge in [0, 0.05) is 53.3 Å². The summed E-state index contributed by atoms with van der Waals surface area (Å²) in [5.74, 6) is 0.558. The summed E-state index contributed by atoms with van der Waals surface area (Å²) >= 11 is 1.50. The van der Waals surface area contributed by atoms with Crippen molar-refractivity contribution in [1.29, 1.82) is 0 Å². The molecule has 1 spiro atoms. The number of hydrogen-bond acceptors (Lipinski definition) is 8. The van der Waals surface area contributed by atoms with Crippen LogP contribution in [0.2, 0.25) is 0 Å². The molecule has 1 saturated carbocycles. The van der Waals surface area contributed by atoms with Gasteiger partial charge in [0.25, 0.3) is 0 Å². The summed E-state index contributed by atoms with van der Waals surface area (Å²) in [5.41, 5.74) is 1.97. The van der Waals surface area contributed by atoms with Crippen molar-refractivity contribution in [3.63, 3.8) is 0 Å². The molecule has 0 aromatic carbocycles. The summed E-state index contributed by atoms with van der Waals surface area (Å²) in [6.45, 7) is 4.45. The number of nitrogens with one attached hydrogen (secondary N) is 1. The number of ether oxygens (including phenoxy) is 1. The highest BCUT2D eigenvalue weighted by Crippen LogP contribution is 2.46. The third-order valence-electron chi connectivity index (χ3n) is 5.53. The molecule has 8 heteroatoms. The lowest BCUT2D eigenvalue weighted by atomic mass is 9.85. The molecule has 0 bridgehead atoms. The van der Waals surface area contributed by atoms with Crippen LogP contribution in [-0.2, 0) is 0 Å². The van der Waals surface area contributed by atoms with Crippen LogP contribution in [-0.4, -0.2) is 42.5 Å². The van der Waals surface area contributed by atoms with E-state index >= 15 is 0 Å². The van der Waals surface area contributed by atoms with Crippen molar-refractivity contribution in [3.8, 4) is 33.6 Å². The van der Waals surface area contributed by atoms with E-state index < -0.39 is 0 Å². The first kappa shape index (κ1) is 18.4. The summed E-state index contributed by atoms with van der Waals surface area (Å²) in [7, 11) is 0. The van der Waals surface area contributed by atoms with Crippen molar-refractivity contribution in [2.24, 2.45) is 0 Å². The van der Waals surface area contributed by atoms with E-state index in [4.69, 9.17) is 4.74 Å². The molecule has 1 aliphatic heterocycles. The van der Waals surface area contributed by atoms with E-state index in [0.29, 0.717) is 17.3 Å². The number of aromatic nitrogens is 4. The topological polar surface area (TPSA) is 93.1 Å². The van der Waals surface area contributed by atoms with Gasteiger partial charge >= 0.3 is 0 Å². The Morgan fingerprint density at radius 2 is 2.03 bits per heavy atom. The Bertz CT molecular complexity index is 1010. The number of aromatic hydroxyl groups is 1. The number of hydrogen-bond donors (Lipinski definition) is 2. The molecule has 3 aromatic rings. The fourth-order valence-corrected chi connectivity index (χ4v) is 4.89. The predicted octanol–water partition coefficient (Wildman–Crippen LogP) is 3.81. The van der Waals surface area contributed by atoms with Crippen molar-refractivity contribution in [1.82, 2.24) is 25.5 Å². The highest BCUT2D eigenvalue weighted by Gasteiger charge is 2.51. The fraction of sp³-hybridized carbons (Fsp3) is 0.429. The molecule has 3 aromatic heterocycles. The zero-order valence-corrected chi connectivity index (χ0v) is 17.2. The summed E-state index contributed by atoms with van der Waals surface area (Å²) in [4.78, 5) is 8.60. The molecular formula is C21H23N5O2S. The average Bonchev–Trinajstić information content (AvgIpc) is 3.17. The van der Waals surface area contributed by atoms with Crippen molar-refractivity contribution in [3.05, 3.63) is 36.0 Å². The van der Waals surface area contributed by atoms with E-state index in [1.165, 1.54) is 24.2 Å². The second-order valence-electron chi connectivity index (χ2n) is 8.62. The summed E-state index contributed by atoms with van der Waals surface area (Å²) in [5, 5.41) is 25.3. The zero-order valence-electron chi connectivity index (χ0n) is 16.4. The number of thiazole rings is 1. The van der Waals surface area contributed by atoms with Crippen LogP contribution in [0.5, 0.6) is 11.6 Å². The van der Waals surface area contributed by atoms with Gasteiger partial charge in [-0.3, -0.25) is 0 Å². The lowest BCUT2D eigenvalue weighted by molar-refractivity contribution is 0.0737. The van der Waals surface area contributed by atoms with Crippen molar-refractivity contribution in [2.45, 2.75) is 56.7 Å². The number of rotatable bonds is 4. The highest BCUT2D eigenvalue weighted by molar-refractivity contribution is 7.13. The van der Waals surface area contributed by atoms with Crippen molar-refractivity contribution >= 4 is 11.3 Å². The van der Waals surface area contributed by atoms with Crippen LogP contribution >= 0.6 is 11.3 Å². The second kappa shape index (κ2) is 6.74. The van der Waals surface area contributed by atoms with Crippen LogP contribution in [0.1, 0.15) is 39.5 Å². The van der Waals surface area contributed by atoms with E-state index in [2.05, 4.69) is 39.3 Å². The van der Waals surface area contributed by atoms with Gasteiger partial charge in [-0.15, -0.1) is 21.5 Å². The van der Waals surface area contributed by atoms with Gasteiger partial charge in [0.2, 0.25) is 5.88 Å². The van der Waals surface area contributed by atoms with Gasteiger partial charge in [0.15, 0.2) is 0 Å². The smallest absolute Gasteiger partial charge is 0.233 e. The molecule has 1 saturated heterocycles. The summed E-state index contributed by atoms with van der Waals surface area (Å²) in [6, 6.07) is 5.23. The van der Waals surface area contributed by atoms with Crippen molar-refractivity contribution in [2.75, 3.05) is 0 Å². The predicted molar refractivity (Wildman–Crippen MR) is 111 cm³/mol. The van der Waals surface area contributed by atoms with Gasteiger partial charge in [0.05, 0.1) is 0 Å². The Labute approximate surface area is 173 Å². The van der Waals surface area contributed by atoms with Crippen LogP contribution in [0.25, 0.3) is 22.0 Å². The average molecular weight is 410 g/mol. The molecule has 1 unspecified atom stereocenters. The normalized spacial score (nSPS) is 21.8. The van der Waals surface area contributed by atoms with Crippen LogP contribution in [0.15, 0.2) is 36.0 Å². The van der Waals surface area contributed by atoms with Crippen LogP contribution < -0.4 is 10.1 Å². The minimum Gasteiger partial charge on any atom is -0.506 e. The van der Waals surface area contributed by atoms with Gasteiger partial charge in [-0.25, -0.2) is 9.97 Å². The maximum atomic E-state index is 10.4. The Kier molecular flexibility index (Phi) is 4.29. The molecule has 150 valence electrons. The maximum absolute atomic E-state index is 10.4. The molecular weight excluding hydrogens is 386 g/mol. The monoisotopic (exact) mass is 409 g/mol. The second-order valence-corrected chi connectivity index (χ2v) is 9.52. The van der Waals surface area contributed by atoms with Gasteiger partial charge < -0.3 is 15.2 Å². The lowest BCUT2D eigenvalue weighted by Gasteiger charge is -2.41. The fourth-order valence-electron chi connectivity index (χ4n) is 4.27. The summed E-state index contributed by atoms with van der Waals surface area (Å²) in [6.07, 6.45) is 7.89. The Hall–Kier alpha value is -2.58. The molecule has 7 nitrogen and oxygen atoms in total. The molecule has 4 heterocycles. The highest BCUT2D eigenvalue weighted by atomic mass is 32.1. The van der Waals surface area contributed by atoms with Crippen molar-refractivity contribution < 1.29 is 9.84 Å². The first-order chi connectivity index (χ1) is 13.9. The molecule has 0 amide bonds. The van der Waals surface area contributed by atoms with E-state index in [-0.39, 0.29) is 22.9 Å². The minimum atomic E-state index is 0.0523.